The van der Waals surface area contributed by atoms with Gasteiger partial charge in [-0.2, -0.15) is 0 Å². The number of likely N-dealkylation sites (N-methyl/N-ethyl adjacent to an activating group) is 1. The Bertz CT molecular complexity index is 670. The number of rotatable bonds is 5. The Morgan fingerprint density at radius 2 is 1.91 bits per heavy atom. The summed E-state index contributed by atoms with van der Waals surface area (Å²) in [4.78, 5) is 13.1. The number of benzene rings is 2. The number of carbonyl (C=O) groups excluding carboxylic acids is 1. The van der Waals surface area contributed by atoms with E-state index in [2.05, 4.69) is 37.4 Å². The molecule has 116 valence electrons. The fourth-order valence-electron chi connectivity index (χ4n) is 2.46. The van der Waals surface area contributed by atoms with Gasteiger partial charge in [0.05, 0.1) is 12.7 Å². The van der Waals surface area contributed by atoms with E-state index in [1.807, 2.05) is 7.05 Å². The number of anilines is 1. The van der Waals surface area contributed by atoms with Crippen molar-refractivity contribution in [2.45, 2.75) is 20.4 Å². The van der Waals surface area contributed by atoms with E-state index in [-0.39, 0.29) is 11.6 Å². The Morgan fingerprint density at radius 3 is 2.59 bits per heavy atom. The van der Waals surface area contributed by atoms with Gasteiger partial charge in [0.25, 0.3) is 5.91 Å². The van der Waals surface area contributed by atoms with Gasteiger partial charge in [0.2, 0.25) is 0 Å². The standard InChI is InChI=1S/C18H21FN2O/c1-13-8-9-15(14(2)10-13)11-21(3)12-18(22)20-17-7-5-4-6-16(17)19/h4-10H,11-12H2,1-3H3,(H,20,22)/p+1. The first-order valence-corrected chi connectivity index (χ1v) is 7.37. The van der Waals surface area contributed by atoms with Crippen LogP contribution in [0.4, 0.5) is 10.1 Å². The summed E-state index contributed by atoms with van der Waals surface area (Å²) in [5, 5.41) is 2.62. The maximum absolute atomic E-state index is 13.5. The Balaban J connectivity index is 1.92. The van der Waals surface area contributed by atoms with Crippen molar-refractivity contribution in [1.82, 2.24) is 0 Å². The van der Waals surface area contributed by atoms with Gasteiger partial charge in [-0.1, -0.05) is 35.9 Å². The third-order valence-corrected chi connectivity index (χ3v) is 3.60. The molecule has 0 aliphatic rings. The number of nitrogens with one attached hydrogen (secondary N) is 2. The first-order chi connectivity index (χ1) is 10.5. The molecular weight excluding hydrogens is 279 g/mol. The van der Waals surface area contributed by atoms with E-state index < -0.39 is 5.82 Å². The molecule has 0 aliphatic heterocycles. The van der Waals surface area contributed by atoms with E-state index in [9.17, 15) is 9.18 Å². The summed E-state index contributed by atoms with van der Waals surface area (Å²) in [6.45, 7) is 5.20. The lowest BCUT2D eigenvalue weighted by Gasteiger charge is -2.15. The van der Waals surface area contributed by atoms with Crippen molar-refractivity contribution in [2.75, 3.05) is 18.9 Å². The zero-order valence-corrected chi connectivity index (χ0v) is 13.2. The number of aryl methyl sites for hydroxylation is 2. The fraction of sp³-hybridized carbons (Fsp3) is 0.278. The molecule has 22 heavy (non-hydrogen) atoms. The minimum atomic E-state index is -0.414. The molecule has 1 amide bonds. The van der Waals surface area contributed by atoms with Crippen LogP contribution in [0.15, 0.2) is 42.5 Å². The predicted octanol–water partition coefficient (Wildman–Crippen LogP) is 2.10. The van der Waals surface area contributed by atoms with Gasteiger partial charge in [-0.25, -0.2) is 4.39 Å². The van der Waals surface area contributed by atoms with Crippen molar-refractivity contribution in [2.24, 2.45) is 0 Å². The summed E-state index contributed by atoms with van der Waals surface area (Å²) in [5.74, 6) is -0.602. The number of carbonyl (C=O) groups is 1. The van der Waals surface area contributed by atoms with Gasteiger partial charge < -0.3 is 10.2 Å². The number of para-hydroxylation sites is 1. The van der Waals surface area contributed by atoms with Crippen molar-refractivity contribution in [1.29, 1.82) is 0 Å². The molecule has 2 rings (SSSR count). The van der Waals surface area contributed by atoms with E-state index in [4.69, 9.17) is 0 Å². The summed E-state index contributed by atoms with van der Waals surface area (Å²) < 4.78 is 13.5. The molecule has 4 heteroatoms. The molecule has 0 aromatic heterocycles. The zero-order valence-electron chi connectivity index (χ0n) is 13.2. The first kappa shape index (κ1) is 16.2. The topological polar surface area (TPSA) is 33.5 Å². The minimum absolute atomic E-state index is 0.188. The molecule has 0 fully saturated rings. The first-order valence-electron chi connectivity index (χ1n) is 7.37. The average Bonchev–Trinajstić information content (AvgIpc) is 2.44. The van der Waals surface area contributed by atoms with Crippen LogP contribution in [0.1, 0.15) is 16.7 Å². The number of quaternary nitrogens is 1. The van der Waals surface area contributed by atoms with Gasteiger partial charge in [0.15, 0.2) is 6.54 Å². The van der Waals surface area contributed by atoms with Gasteiger partial charge in [-0.15, -0.1) is 0 Å². The molecule has 2 N–H and O–H groups in total. The molecule has 0 saturated carbocycles. The quantitative estimate of drug-likeness (QED) is 0.871. The van der Waals surface area contributed by atoms with Crippen LogP contribution in [0.3, 0.4) is 0 Å². The van der Waals surface area contributed by atoms with Crippen LogP contribution in [-0.2, 0) is 11.3 Å². The van der Waals surface area contributed by atoms with E-state index in [1.165, 1.54) is 22.8 Å². The van der Waals surface area contributed by atoms with Crippen LogP contribution < -0.4 is 10.2 Å². The number of amides is 1. The highest BCUT2D eigenvalue weighted by atomic mass is 19.1. The maximum atomic E-state index is 13.5. The molecule has 0 heterocycles. The van der Waals surface area contributed by atoms with Crippen molar-refractivity contribution >= 4 is 11.6 Å². The predicted molar refractivity (Wildman–Crippen MR) is 86.4 cm³/mol. The van der Waals surface area contributed by atoms with E-state index in [0.717, 1.165) is 11.4 Å². The lowest BCUT2D eigenvalue weighted by atomic mass is 10.1. The van der Waals surface area contributed by atoms with Crippen molar-refractivity contribution < 1.29 is 14.1 Å². The minimum Gasteiger partial charge on any atom is -0.326 e. The summed E-state index contributed by atoms with van der Waals surface area (Å²) in [6, 6.07) is 12.5. The monoisotopic (exact) mass is 301 g/mol. The molecule has 0 bridgehead atoms. The van der Waals surface area contributed by atoms with Crippen LogP contribution in [0, 0.1) is 19.7 Å². The van der Waals surface area contributed by atoms with Gasteiger partial charge in [-0.3, -0.25) is 4.79 Å². The summed E-state index contributed by atoms with van der Waals surface area (Å²) in [7, 11) is 1.96. The van der Waals surface area contributed by atoms with E-state index in [1.54, 1.807) is 18.2 Å². The normalized spacial score (nSPS) is 12.0. The molecule has 1 atom stereocenters. The van der Waals surface area contributed by atoms with Gasteiger partial charge in [-0.05, 0) is 31.5 Å². The Kier molecular flexibility index (Phi) is 5.28. The third kappa shape index (κ3) is 4.40. The van der Waals surface area contributed by atoms with Gasteiger partial charge >= 0.3 is 0 Å². The Labute approximate surface area is 130 Å². The molecule has 0 saturated heterocycles. The van der Waals surface area contributed by atoms with Crippen molar-refractivity contribution in [3.8, 4) is 0 Å². The number of halogens is 1. The van der Waals surface area contributed by atoms with Gasteiger partial charge in [0, 0.05) is 5.56 Å². The second kappa shape index (κ2) is 7.18. The lowest BCUT2D eigenvalue weighted by molar-refractivity contribution is -0.885. The Morgan fingerprint density at radius 1 is 1.18 bits per heavy atom. The van der Waals surface area contributed by atoms with Gasteiger partial charge in [0.1, 0.15) is 12.4 Å². The molecule has 3 nitrogen and oxygen atoms in total. The van der Waals surface area contributed by atoms with Crippen LogP contribution in [0.5, 0.6) is 0 Å². The molecule has 1 unspecified atom stereocenters. The molecule has 2 aromatic carbocycles. The van der Waals surface area contributed by atoms with E-state index >= 15 is 0 Å². The second-order valence-corrected chi connectivity index (χ2v) is 5.77. The van der Waals surface area contributed by atoms with Crippen molar-refractivity contribution in [3.63, 3.8) is 0 Å². The van der Waals surface area contributed by atoms with Crippen molar-refractivity contribution in [3.05, 3.63) is 65.0 Å². The average molecular weight is 301 g/mol. The lowest BCUT2D eigenvalue weighted by Crippen LogP contribution is -3.08. The highest BCUT2D eigenvalue weighted by molar-refractivity contribution is 5.91. The molecule has 2 aromatic rings. The largest absolute Gasteiger partial charge is 0.326 e. The van der Waals surface area contributed by atoms with Crippen LogP contribution in [0.25, 0.3) is 0 Å². The zero-order chi connectivity index (χ0) is 16.1. The second-order valence-electron chi connectivity index (χ2n) is 5.77. The SMILES string of the molecule is Cc1ccc(C[NH+](C)CC(=O)Nc2ccccc2F)c(C)c1. The molecular formula is C18H22FN2O+. The summed E-state index contributed by atoms with van der Waals surface area (Å²) >= 11 is 0. The number of hydrogen-bond acceptors (Lipinski definition) is 1. The van der Waals surface area contributed by atoms with Crippen LogP contribution in [0.2, 0.25) is 0 Å². The highest BCUT2D eigenvalue weighted by Crippen LogP contribution is 2.12. The van der Waals surface area contributed by atoms with E-state index in [0.29, 0.717) is 6.54 Å². The summed E-state index contributed by atoms with van der Waals surface area (Å²) in [6.07, 6.45) is 0. The number of hydrogen-bond donors (Lipinski definition) is 2. The third-order valence-electron chi connectivity index (χ3n) is 3.60. The molecule has 0 aliphatic carbocycles. The van der Waals surface area contributed by atoms with Crippen LogP contribution >= 0.6 is 0 Å². The highest BCUT2D eigenvalue weighted by Gasteiger charge is 2.13. The molecule has 0 radical (unpaired) electrons. The fourth-order valence-corrected chi connectivity index (χ4v) is 2.46. The smallest absolute Gasteiger partial charge is 0.279 e. The van der Waals surface area contributed by atoms with Crippen LogP contribution in [-0.4, -0.2) is 19.5 Å². The maximum Gasteiger partial charge on any atom is 0.279 e. The Hall–Kier alpha value is -2.20. The molecule has 0 spiro atoms. The summed E-state index contributed by atoms with van der Waals surface area (Å²) in [5.41, 5.74) is 3.92.